The van der Waals surface area contributed by atoms with Crippen LogP contribution in [-0.4, -0.2) is 78.5 Å². The summed E-state index contributed by atoms with van der Waals surface area (Å²) in [7, 11) is -3.46. The van der Waals surface area contributed by atoms with E-state index in [1.54, 1.807) is 14.7 Å². The van der Waals surface area contributed by atoms with E-state index in [0.717, 1.165) is 16.7 Å². The fraction of sp³-hybridized carbons (Fsp3) is 0.684. The monoisotopic (exact) mass is 397 g/mol. The topological polar surface area (TPSA) is 73.3 Å². The normalized spacial score (nSPS) is 26.4. The summed E-state index contributed by atoms with van der Waals surface area (Å²) in [4.78, 5) is 2.19. The van der Waals surface area contributed by atoms with Crippen LogP contribution in [-0.2, 0) is 21.5 Å². The van der Waals surface area contributed by atoms with Gasteiger partial charge in [0.05, 0.1) is 12.2 Å². The highest BCUT2D eigenvalue weighted by molar-refractivity contribution is 7.86. The Morgan fingerprint density at radius 3 is 2.15 bits per heavy atom. The molecule has 2 fully saturated rings. The number of phenols is 1. The van der Waals surface area contributed by atoms with Gasteiger partial charge in [-0.05, 0) is 44.9 Å². The maximum atomic E-state index is 13.0. The lowest BCUT2D eigenvalue weighted by Gasteiger charge is -2.40. The molecule has 2 aliphatic heterocycles. The Morgan fingerprint density at radius 2 is 1.56 bits per heavy atom. The molecule has 0 saturated carbocycles. The van der Waals surface area contributed by atoms with E-state index in [2.05, 4.69) is 4.90 Å². The SMILES string of the molecule is Cc1cc(O)c(CN2CCN(S(=O)(=O)N3C[C@H](C)O[C@@H](C)C3)CC2)cc1C. The molecule has 7 nitrogen and oxygen atoms in total. The molecule has 0 aliphatic carbocycles. The smallest absolute Gasteiger partial charge is 0.282 e. The molecule has 1 aromatic rings. The summed E-state index contributed by atoms with van der Waals surface area (Å²) >= 11 is 0. The zero-order valence-corrected chi connectivity index (χ0v) is 17.5. The predicted octanol–water partition coefficient (Wildman–Crippen LogP) is 1.48. The van der Waals surface area contributed by atoms with Crippen LogP contribution in [0.1, 0.15) is 30.5 Å². The van der Waals surface area contributed by atoms with Gasteiger partial charge in [-0.3, -0.25) is 4.90 Å². The summed E-state index contributed by atoms with van der Waals surface area (Å²) in [5, 5.41) is 10.2. The average Bonchev–Trinajstić information content (AvgIpc) is 2.59. The minimum Gasteiger partial charge on any atom is -0.508 e. The Bertz CT molecular complexity index is 765. The van der Waals surface area contributed by atoms with E-state index in [9.17, 15) is 13.5 Å². The molecule has 27 heavy (non-hydrogen) atoms. The lowest BCUT2D eigenvalue weighted by Crippen LogP contribution is -2.57. The van der Waals surface area contributed by atoms with Crippen molar-refractivity contribution in [3.05, 3.63) is 28.8 Å². The van der Waals surface area contributed by atoms with Crippen molar-refractivity contribution in [2.75, 3.05) is 39.3 Å². The third kappa shape index (κ3) is 4.63. The van der Waals surface area contributed by atoms with Crippen LogP contribution in [0.5, 0.6) is 5.75 Å². The average molecular weight is 398 g/mol. The highest BCUT2D eigenvalue weighted by Crippen LogP contribution is 2.24. The van der Waals surface area contributed by atoms with Gasteiger partial charge in [-0.25, -0.2) is 0 Å². The molecule has 2 aliphatic rings. The highest BCUT2D eigenvalue weighted by Gasteiger charge is 2.36. The second-order valence-electron chi connectivity index (χ2n) is 7.82. The van der Waals surface area contributed by atoms with Crippen molar-refractivity contribution >= 4 is 10.2 Å². The van der Waals surface area contributed by atoms with Gasteiger partial charge in [-0.2, -0.15) is 17.0 Å². The van der Waals surface area contributed by atoms with Gasteiger partial charge in [-0.1, -0.05) is 6.07 Å². The molecule has 0 aromatic heterocycles. The third-order valence-electron chi connectivity index (χ3n) is 5.46. The largest absolute Gasteiger partial charge is 0.508 e. The Kier molecular flexibility index (Phi) is 6.12. The van der Waals surface area contributed by atoms with Gasteiger partial charge in [0.25, 0.3) is 10.2 Å². The van der Waals surface area contributed by atoms with Crippen molar-refractivity contribution in [3.8, 4) is 5.75 Å². The molecule has 2 saturated heterocycles. The van der Waals surface area contributed by atoms with Gasteiger partial charge in [0.1, 0.15) is 5.75 Å². The number of piperazine rings is 1. The van der Waals surface area contributed by atoms with E-state index in [4.69, 9.17) is 4.74 Å². The van der Waals surface area contributed by atoms with E-state index in [0.29, 0.717) is 51.6 Å². The van der Waals surface area contributed by atoms with Crippen molar-refractivity contribution in [1.82, 2.24) is 13.5 Å². The van der Waals surface area contributed by atoms with Crippen molar-refractivity contribution in [3.63, 3.8) is 0 Å². The summed E-state index contributed by atoms with van der Waals surface area (Å²) in [6, 6.07) is 3.82. The van der Waals surface area contributed by atoms with E-state index in [1.165, 1.54) is 0 Å². The Balaban J connectivity index is 1.61. The number of ether oxygens (including phenoxy) is 1. The van der Waals surface area contributed by atoms with Gasteiger partial charge in [0.2, 0.25) is 0 Å². The van der Waals surface area contributed by atoms with Crippen LogP contribution in [0.4, 0.5) is 0 Å². The summed E-state index contributed by atoms with van der Waals surface area (Å²) < 4.78 is 34.7. The Labute approximate surface area is 162 Å². The summed E-state index contributed by atoms with van der Waals surface area (Å²) in [6.45, 7) is 11.5. The first-order valence-electron chi connectivity index (χ1n) is 9.59. The molecule has 0 spiro atoms. The van der Waals surface area contributed by atoms with Crippen molar-refractivity contribution < 1.29 is 18.3 Å². The summed E-state index contributed by atoms with van der Waals surface area (Å²) in [5.74, 6) is 0.310. The molecule has 0 amide bonds. The zero-order chi connectivity index (χ0) is 19.8. The lowest BCUT2D eigenvalue weighted by molar-refractivity contribution is -0.0457. The first-order valence-corrected chi connectivity index (χ1v) is 11.0. The zero-order valence-electron chi connectivity index (χ0n) is 16.7. The van der Waals surface area contributed by atoms with Crippen molar-refractivity contribution in [1.29, 1.82) is 0 Å². The summed E-state index contributed by atoms with van der Waals surface area (Å²) in [5.41, 5.74) is 3.12. The number of aryl methyl sites for hydroxylation is 2. The van der Waals surface area contributed by atoms with Crippen LogP contribution in [0.3, 0.4) is 0 Å². The fourth-order valence-corrected chi connectivity index (χ4v) is 5.58. The molecular formula is C19H31N3O4S. The molecule has 1 aromatic carbocycles. The third-order valence-corrected chi connectivity index (χ3v) is 7.43. The van der Waals surface area contributed by atoms with Gasteiger partial charge < -0.3 is 9.84 Å². The quantitative estimate of drug-likeness (QED) is 0.833. The molecule has 0 unspecified atom stereocenters. The molecule has 0 radical (unpaired) electrons. The van der Waals surface area contributed by atoms with Crippen LogP contribution >= 0.6 is 0 Å². The molecule has 8 heteroatoms. The van der Waals surface area contributed by atoms with Crippen LogP contribution in [0.15, 0.2) is 12.1 Å². The van der Waals surface area contributed by atoms with Crippen LogP contribution in [0.2, 0.25) is 0 Å². The maximum Gasteiger partial charge on any atom is 0.282 e. The predicted molar refractivity (Wildman–Crippen MR) is 105 cm³/mol. The number of nitrogens with zero attached hydrogens (tertiary/aromatic N) is 3. The van der Waals surface area contributed by atoms with E-state index >= 15 is 0 Å². The second kappa shape index (κ2) is 8.05. The standard InChI is InChI=1S/C19H31N3O4S/c1-14-9-18(19(23)10-15(14)2)13-20-5-7-21(8-6-20)27(24,25)22-11-16(3)26-17(4)12-22/h9-10,16-17,23H,5-8,11-13H2,1-4H3/t16-,17-/m0/s1. The molecule has 0 bridgehead atoms. The van der Waals surface area contributed by atoms with Gasteiger partial charge in [0.15, 0.2) is 0 Å². The fourth-order valence-electron chi connectivity index (χ4n) is 3.83. The number of morpholine rings is 1. The highest BCUT2D eigenvalue weighted by atomic mass is 32.2. The molecular weight excluding hydrogens is 366 g/mol. The van der Waals surface area contributed by atoms with E-state index in [-0.39, 0.29) is 12.2 Å². The molecule has 3 rings (SSSR count). The second-order valence-corrected chi connectivity index (χ2v) is 9.75. The van der Waals surface area contributed by atoms with Crippen LogP contribution in [0, 0.1) is 13.8 Å². The number of benzene rings is 1. The number of hydrogen-bond donors (Lipinski definition) is 1. The Hall–Kier alpha value is -1.19. The summed E-state index contributed by atoms with van der Waals surface area (Å²) in [6.07, 6.45) is -0.171. The van der Waals surface area contributed by atoms with E-state index in [1.807, 2.05) is 33.8 Å². The van der Waals surface area contributed by atoms with E-state index < -0.39 is 10.2 Å². The molecule has 2 heterocycles. The van der Waals surface area contributed by atoms with Gasteiger partial charge in [-0.15, -0.1) is 0 Å². The van der Waals surface area contributed by atoms with Gasteiger partial charge in [0, 0.05) is 51.4 Å². The number of hydrogen-bond acceptors (Lipinski definition) is 5. The van der Waals surface area contributed by atoms with Crippen molar-refractivity contribution in [2.45, 2.75) is 46.4 Å². The maximum absolute atomic E-state index is 13.0. The van der Waals surface area contributed by atoms with Crippen LogP contribution < -0.4 is 0 Å². The minimum absolute atomic E-state index is 0.0856. The first-order chi connectivity index (χ1) is 12.7. The number of rotatable bonds is 4. The molecule has 2 atom stereocenters. The van der Waals surface area contributed by atoms with Crippen molar-refractivity contribution in [2.24, 2.45) is 0 Å². The molecule has 152 valence electrons. The first kappa shape index (κ1) is 20.5. The lowest BCUT2D eigenvalue weighted by atomic mass is 10.0. The van der Waals surface area contributed by atoms with Gasteiger partial charge >= 0.3 is 0 Å². The Morgan fingerprint density at radius 1 is 1.00 bits per heavy atom. The minimum atomic E-state index is -3.46. The number of phenolic OH excluding ortho intramolecular Hbond substituents is 1. The molecule has 1 N–H and O–H groups in total. The van der Waals surface area contributed by atoms with Crippen LogP contribution in [0.25, 0.3) is 0 Å². The number of aromatic hydroxyl groups is 1.